The molecule has 0 unspecified atom stereocenters. The van der Waals surface area contributed by atoms with Crippen LogP contribution in [-0.4, -0.2) is 28.9 Å². The molecule has 0 radical (unpaired) electrons. The summed E-state index contributed by atoms with van der Waals surface area (Å²) >= 11 is 1.61. The van der Waals surface area contributed by atoms with Gasteiger partial charge in [-0.3, -0.25) is 4.98 Å². The SMILES string of the molecule is COCOc1ccc(-c2csc3ncnc(-c4ccccn4)c23)cc1. The maximum atomic E-state index is 5.45. The smallest absolute Gasteiger partial charge is 0.188 e. The van der Waals surface area contributed by atoms with Crippen molar-refractivity contribution >= 4 is 21.6 Å². The molecule has 0 bridgehead atoms. The summed E-state index contributed by atoms with van der Waals surface area (Å²) in [4.78, 5) is 14.3. The zero-order valence-electron chi connectivity index (χ0n) is 13.5. The van der Waals surface area contributed by atoms with Gasteiger partial charge in [0, 0.05) is 29.6 Å². The topological polar surface area (TPSA) is 57.1 Å². The highest BCUT2D eigenvalue weighted by Gasteiger charge is 2.15. The number of pyridine rings is 1. The number of aromatic nitrogens is 3. The Morgan fingerprint density at radius 1 is 1.00 bits per heavy atom. The van der Waals surface area contributed by atoms with Gasteiger partial charge in [-0.1, -0.05) is 18.2 Å². The Bertz CT molecular complexity index is 985. The second-order valence-electron chi connectivity index (χ2n) is 5.34. The summed E-state index contributed by atoms with van der Waals surface area (Å²) in [7, 11) is 1.60. The second-order valence-corrected chi connectivity index (χ2v) is 6.20. The lowest BCUT2D eigenvalue weighted by Gasteiger charge is -2.07. The van der Waals surface area contributed by atoms with Crippen molar-refractivity contribution in [2.24, 2.45) is 0 Å². The lowest BCUT2D eigenvalue weighted by atomic mass is 10.0. The van der Waals surface area contributed by atoms with E-state index in [1.165, 1.54) is 0 Å². The van der Waals surface area contributed by atoms with Crippen molar-refractivity contribution in [2.75, 3.05) is 13.9 Å². The summed E-state index contributed by atoms with van der Waals surface area (Å²) in [6.07, 6.45) is 3.37. The Balaban J connectivity index is 1.80. The minimum atomic E-state index is 0.235. The highest BCUT2D eigenvalue weighted by Crippen LogP contribution is 2.37. The van der Waals surface area contributed by atoms with Crippen LogP contribution in [-0.2, 0) is 4.74 Å². The molecule has 1 aromatic carbocycles. The van der Waals surface area contributed by atoms with Crippen molar-refractivity contribution in [3.05, 3.63) is 60.4 Å². The molecule has 4 aromatic rings. The molecule has 0 saturated heterocycles. The van der Waals surface area contributed by atoms with E-state index < -0.39 is 0 Å². The number of hydrogen-bond acceptors (Lipinski definition) is 6. The fourth-order valence-electron chi connectivity index (χ4n) is 2.64. The first-order chi connectivity index (χ1) is 12.4. The van der Waals surface area contributed by atoms with E-state index in [4.69, 9.17) is 9.47 Å². The van der Waals surface area contributed by atoms with Gasteiger partial charge in [0.2, 0.25) is 0 Å². The Morgan fingerprint density at radius 2 is 1.88 bits per heavy atom. The highest BCUT2D eigenvalue weighted by molar-refractivity contribution is 7.17. The molecule has 124 valence electrons. The van der Waals surface area contributed by atoms with E-state index in [1.54, 1.807) is 31.0 Å². The number of nitrogens with zero attached hydrogens (tertiary/aromatic N) is 3. The third-order valence-electron chi connectivity index (χ3n) is 3.79. The van der Waals surface area contributed by atoms with Crippen molar-refractivity contribution in [3.63, 3.8) is 0 Å². The highest BCUT2D eigenvalue weighted by atomic mass is 32.1. The van der Waals surface area contributed by atoms with Crippen LogP contribution in [0, 0.1) is 0 Å². The Hall–Kier alpha value is -2.83. The van der Waals surface area contributed by atoms with Gasteiger partial charge in [0.05, 0.1) is 5.69 Å². The number of methoxy groups -OCH3 is 1. The molecule has 4 rings (SSSR count). The van der Waals surface area contributed by atoms with Gasteiger partial charge in [-0.25, -0.2) is 9.97 Å². The maximum Gasteiger partial charge on any atom is 0.188 e. The standard InChI is InChI=1S/C19H15N3O2S/c1-23-12-24-14-7-5-13(6-8-14)15-10-25-19-17(15)18(21-11-22-19)16-4-2-3-9-20-16/h2-11H,12H2,1H3. The van der Waals surface area contributed by atoms with E-state index >= 15 is 0 Å². The fraction of sp³-hybridized carbons (Fsp3) is 0.105. The van der Waals surface area contributed by atoms with E-state index in [0.717, 1.165) is 38.5 Å². The largest absolute Gasteiger partial charge is 0.468 e. The molecular formula is C19H15N3O2S. The van der Waals surface area contributed by atoms with Crippen LogP contribution >= 0.6 is 11.3 Å². The van der Waals surface area contributed by atoms with Gasteiger partial charge in [-0.05, 0) is 29.8 Å². The Labute approximate surface area is 148 Å². The molecule has 0 fully saturated rings. The zero-order chi connectivity index (χ0) is 17.1. The average molecular weight is 349 g/mol. The number of benzene rings is 1. The molecule has 0 N–H and O–H groups in total. The zero-order valence-corrected chi connectivity index (χ0v) is 14.4. The van der Waals surface area contributed by atoms with Crippen LogP contribution in [0.25, 0.3) is 32.7 Å². The number of ether oxygens (including phenoxy) is 2. The van der Waals surface area contributed by atoms with Crippen molar-refractivity contribution in [2.45, 2.75) is 0 Å². The Kier molecular flexibility index (Phi) is 4.37. The average Bonchev–Trinajstić information content (AvgIpc) is 3.12. The molecule has 5 nitrogen and oxygen atoms in total. The van der Waals surface area contributed by atoms with Gasteiger partial charge in [0.25, 0.3) is 0 Å². The van der Waals surface area contributed by atoms with Crippen LogP contribution in [0.15, 0.2) is 60.4 Å². The van der Waals surface area contributed by atoms with Gasteiger partial charge in [-0.15, -0.1) is 11.3 Å². The lowest BCUT2D eigenvalue weighted by Crippen LogP contribution is -1.98. The van der Waals surface area contributed by atoms with Crippen molar-refractivity contribution in [1.82, 2.24) is 15.0 Å². The van der Waals surface area contributed by atoms with Crippen LogP contribution in [0.4, 0.5) is 0 Å². The monoisotopic (exact) mass is 349 g/mol. The predicted octanol–water partition coefficient (Wildman–Crippen LogP) is 4.40. The summed E-state index contributed by atoms with van der Waals surface area (Å²) in [5.74, 6) is 0.770. The first kappa shape index (κ1) is 15.7. The fourth-order valence-corrected chi connectivity index (χ4v) is 3.56. The van der Waals surface area contributed by atoms with E-state index in [2.05, 4.69) is 20.3 Å². The summed E-state index contributed by atoms with van der Waals surface area (Å²) in [6.45, 7) is 0.235. The minimum absolute atomic E-state index is 0.235. The molecule has 25 heavy (non-hydrogen) atoms. The minimum Gasteiger partial charge on any atom is -0.468 e. The van der Waals surface area contributed by atoms with Crippen molar-refractivity contribution in [1.29, 1.82) is 0 Å². The summed E-state index contributed by atoms with van der Waals surface area (Å²) in [5, 5.41) is 3.13. The molecule has 0 saturated carbocycles. The van der Waals surface area contributed by atoms with Gasteiger partial charge >= 0.3 is 0 Å². The first-order valence-electron chi connectivity index (χ1n) is 7.72. The number of rotatable bonds is 5. The van der Waals surface area contributed by atoms with Crippen LogP contribution < -0.4 is 4.74 Å². The molecule has 0 spiro atoms. The van der Waals surface area contributed by atoms with Crippen molar-refractivity contribution < 1.29 is 9.47 Å². The van der Waals surface area contributed by atoms with Crippen LogP contribution in [0.1, 0.15) is 0 Å². The lowest BCUT2D eigenvalue weighted by molar-refractivity contribution is 0.0511. The van der Waals surface area contributed by atoms with Crippen molar-refractivity contribution in [3.8, 4) is 28.3 Å². The van der Waals surface area contributed by atoms with Crippen LogP contribution in [0.5, 0.6) is 5.75 Å². The molecule has 0 aliphatic heterocycles. The molecule has 0 atom stereocenters. The summed E-state index contributed by atoms with van der Waals surface area (Å²) < 4.78 is 10.4. The third-order valence-corrected chi connectivity index (χ3v) is 4.67. The van der Waals surface area contributed by atoms with E-state index in [-0.39, 0.29) is 6.79 Å². The molecular weight excluding hydrogens is 334 g/mol. The van der Waals surface area contributed by atoms with Gasteiger partial charge in [0.15, 0.2) is 6.79 Å². The molecule has 3 heterocycles. The number of fused-ring (bicyclic) bond motifs is 1. The van der Waals surface area contributed by atoms with E-state index in [9.17, 15) is 0 Å². The van der Waals surface area contributed by atoms with Crippen LogP contribution in [0.2, 0.25) is 0 Å². The number of hydrogen-bond donors (Lipinski definition) is 0. The van der Waals surface area contributed by atoms with E-state index in [1.807, 2.05) is 42.5 Å². The first-order valence-corrected chi connectivity index (χ1v) is 8.60. The maximum absolute atomic E-state index is 5.45. The third kappa shape index (κ3) is 3.09. The molecule has 6 heteroatoms. The van der Waals surface area contributed by atoms with Gasteiger partial charge < -0.3 is 9.47 Å². The van der Waals surface area contributed by atoms with Gasteiger partial charge in [-0.2, -0.15) is 0 Å². The second kappa shape index (κ2) is 6.96. The van der Waals surface area contributed by atoms with Crippen LogP contribution in [0.3, 0.4) is 0 Å². The summed E-state index contributed by atoms with van der Waals surface area (Å²) in [6, 6.07) is 13.7. The molecule has 0 aliphatic carbocycles. The normalized spacial score (nSPS) is 10.9. The molecule has 0 aliphatic rings. The molecule has 3 aromatic heterocycles. The Morgan fingerprint density at radius 3 is 2.64 bits per heavy atom. The quantitative estimate of drug-likeness (QED) is 0.500. The van der Waals surface area contributed by atoms with E-state index in [0.29, 0.717) is 0 Å². The predicted molar refractivity (Wildman–Crippen MR) is 98.6 cm³/mol. The molecule has 0 amide bonds. The number of thiophene rings is 1. The van der Waals surface area contributed by atoms with Gasteiger partial charge in [0.1, 0.15) is 22.6 Å². The summed E-state index contributed by atoms with van der Waals surface area (Å²) in [5.41, 5.74) is 3.87.